The molecule has 10 nitrogen and oxygen atoms in total. The van der Waals surface area contributed by atoms with Crippen LogP contribution in [0.5, 0.6) is 0 Å². The van der Waals surface area contributed by atoms with Crippen LogP contribution in [0.4, 0.5) is 0 Å². The molecule has 0 saturated carbocycles. The third-order valence-corrected chi connectivity index (χ3v) is 11.2. The predicted molar refractivity (Wildman–Crippen MR) is 225 cm³/mol. The Balaban J connectivity index is 0.000000217. The van der Waals surface area contributed by atoms with Gasteiger partial charge < -0.3 is 15.4 Å². The molecule has 0 fully saturated rings. The van der Waals surface area contributed by atoms with Crippen molar-refractivity contribution in [1.82, 2.24) is 30.4 Å². The quantitative estimate of drug-likeness (QED) is 0.102. The summed E-state index contributed by atoms with van der Waals surface area (Å²) in [6, 6.07) is 21.1. The summed E-state index contributed by atoms with van der Waals surface area (Å²) in [6.45, 7) is 20.3. The molecule has 2 N–H and O–H groups in total. The van der Waals surface area contributed by atoms with Gasteiger partial charge in [-0.25, -0.2) is 14.6 Å². The Morgan fingerprint density at radius 2 is 1.33 bits per heavy atom. The maximum absolute atomic E-state index is 13.0. The molecule has 4 heterocycles. The fraction of sp³-hybridized carbons (Fsp3) is 0.366. The largest absolute Gasteiger partial charge is 0.360 e. The summed E-state index contributed by atoms with van der Waals surface area (Å²) in [7, 11) is -1.16. The Kier molecular flexibility index (Phi) is 13.0. The van der Waals surface area contributed by atoms with Crippen LogP contribution in [0.3, 0.4) is 0 Å². The summed E-state index contributed by atoms with van der Waals surface area (Å²) in [6.07, 6.45) is 3.62. The van der Waals surface area contributed by atoms with E-state index in [0.717, 1.165) is 38.6 Å². The van der Waals surface area contributed by atoms with E-state index < -0.39 is 8.07 Å². The number of thiazole rings is 2. The third kappa shape index (κ3) is 11.7. The Morgan fingerprint density at radius 1 is 0.796 bits per heavy atom. The van der Waals surface area contributed by atoms with Crippen LogP contribution in [0.25, 0.3) is 33.2 Å². The van der Waals surface area contributed by atoms with Crippen LogP contribution in [-0.4, -0.2) is 69.6 Å². The lowest BCUT2D eigenvalue weighted by Gasteiger charge is -2.21. The molecule has 13 heteroatoms. The van der Waals surface area contributed by atoms with Crippen molar-refractivity contribution in [2.24, 2.45) is 4.99 Å². The summed E-state index contributed by atoms with van der Waals surface area (Å²) >= 11 is 3.01. The second kappa shape index (κ2) is 17.3. The summed E-state index contributed by atoms with van der Waals surface area (Å²) in [4.78, 5) is 39.3. The summed E-state index contributed by atoms with van der Waals surface area (Å²) in [5.74, 6) is -0.252. The highest BCUT2D eigenvalue weighted by Gasteiger charge is 2.27. The monoisotopic (exact) mass is 781 g/mol. The number of benzene rings is 2. The first-order chi connectivity index (χ1) is 25.5. The van der Waals surface area contributed by atoms with Gasteiger partial charge in [-0.1, -0.05) is 80.3 Å². The highest BCUT2D eigenvalue weighted by atomic mass is 32.1. The fourth-order valence-electron chi connectivity index (χ4n) is 5.21. The fourth-order valence-corrected chi connectivity index (χ4v) is 7.64. The van der Waals surface area contributed by atoms with E-state index in [4.69, 9.17) is 9.72 Å². The van der Waals surface area contributed by atoms with E-state index in [1.165, 1.54) is 22.7 Å². The predicted octanol–water partition coefficient (Wildman–Crippen LogP) is 8.97. The van der Waals surface area contributed by atoms with Crippen molar-refractivity contribution in [3.8, 4) is 33.2 Å². The molecule has 0 saturated heterocycles. The lowest BCUT2D eigenvalue weighted by molar-refractivity contribution is -0.118. The molecule has 3 aromatic heterocycles. The standard InChI is InChI=1S/C23H32N4O2SSi.C18H19N3OS/c1-23(2,3)25-21(28)18-14-27(16-29-12-13-31(4,5)6)26-20(18)22-24-19(15-30-22)17-10-8-7-9-11-17;1-18(2,3)21-16(22)13-9-10-19-15(13)17-20-14(11-23-17)12-7-5-4-6-8-12/h7-11,14-15H,12-13,16H2,1-6H3,(H,25,28);4-9,11H,10H2,1-3H3,(H,21,22). The van der Waals surface area contributed by atoms with Crippen LogP contribution in [0.15, 0.2) is 94.3 Å². The average Bonchev–Trinajstić information content (AvgIpc) is 3.92. The summed E-state index contributed by atoms with van der Waals surface area (Å²) < 4.78 is 7.54. The first kappa shape index (κ1) is 40.6. The molecule has 284 valence electrons. The van der Waals surface area contributed by atoms with Crippen molar-refractivity contribution in [2.75, 3.05) is 13.2 Å². The SMILES string of the molecule is CC(C)(C)NC(=O)C1=CCN=C1c1nc(-c2ccccc2)cs1.CC(C)(C)NC(=O)c1cn(COCC[Si](C)(C)C)nc1-c1nc(-c2ccccc2)cs1. The van der Waals surface area contributed by atoms with Crippen molar-refractivity contribution in [3.63, 3.8) is 0 Å². The molecular formula is C41H51N7O3S2Si. The van der Waals surface area contributed by atoms with Crippen molar-refractivity contribution < 1.29 is 14.3 Å². The minimum atomic E-state index is -1.16. The van der Waals surface area contributed by atoms with Gasteiger partial charge in [-0.2, -0.15) is 5.10 Å². The highest BCUT2D eigenvalue weighted by Crippen LogP contribution is 2.31. The number of ether oxygens (including phenoxy) is 1. The van der Waals surface area contributed by atoms with Gasteiger partial charge in [0.2, 0.25) is 0 Å². The number of rotatable bonds is 11. The Morgan fingerprint density at radius 3 is 1.89 bits per heavy atom. The molecule has 6 rings (SSSR count). The highest BCUT2D eigenvalue weighted by molar-refractivity contribution is 7.13. The molecular weight excluding hydrogens is 731 g/mol. The van der Waals surface area contributed by atoms with E-state index in [-0.39, 0.29) is 22.9 Å². The molecule has 0 unspecified atom stereocenters. The van der Waals surface area contributed by atoms with Gasteiger partial charge in [-0.15, -0.1) is 22.7 Å². The number of nitrogens with one attached hydrogen (secondary N) is 2. The molecule has 2 amide bonds. The van der Waals surface area contributed by atoms with E-state index in [2.05, 4.69) is 45.3 Å². The number of hydrogen-bond donors (Lipinski definition) is 2. The molecule has 5 aromatic rings. The van der Waals surface area contributed by atoms with Crippen LogP contribution in [0.2, 0.25) is 25.7 Å². The zero-order valence-corrected chi connectivity index (χ0v) is 35.3. The van der Waals surface area contributed by atoms with Crippen LogP contribution < -0.4 is 10.6 Å². The van der Waals surface area contributed by atoms with E-state index in [1.807, 2.05) is 119 Å². The molecule has 0 spiro atoms. The minimum Gasteiger partial charge on any atom is -0.360 e. The van der Waals surface area contributed by atoms with Gasteiger partial charge in [0, 0.05) is 53.8 Å². The second-order valence-electron chi connectivity index (χ2n) is 16.3. The van der Waals surface area contributed by atoms with Gasteiger partial charge in [0.05, 0.1) is 29.1 Å². The molecule has 54 heavy (non-hydrogen) atoms. The summed E-state index contributed by atoms with van der Waals surface area (Å²) in [5.41, 5.74) is 5.69. The third-order valence-electron chi connectivity index (χ3n) is 7.80. The van der Waals surface area contributed by atoms with Gasteiger partial charge in [0.1, 0.15) is 28.2 Å². The average molecular weight is 782 g/mol. The Labute approximate surface area is 327 Å². The van der Waals surface area contributed by atoms with Crippen LogP contribution >= 0.6 is 22.7 Å². The van der Waals surface area contributed by atoms with E-state index in [9.17, 15) is 9.59 Å². The molecule has 1 aliphatic heterocycles. The number of carbonyl (C=O) groups excluding carboxylic acids is 2. The second-order valence-corrected chi connectivity index (χ2v) is 23.6. The minimum absolute atomic E-state index is 0.0924. The number of aliphatic imine (C=N–C) groups is 1. The Hall–Kier alpha value is -4.56. The van der Waals surface area contributed by atoms with Crippen LogP contribution in [0, 0.1) is 0 Å². The van der Waals surface area contributed by atoms with Gasteiger partial charge in [-0.05, 0) is 53.7 Å². The molecule has 0 atom stereocenters. The molecule has 2 aromatic carbocycles. The number of carbonyl (C=O) groups is 2. The van der Waals surface area contributed by atoms with Crippen molar-refractivity contribution >= 4 is 48.3 Å². The normalized spacial score (nSPS) is 13.1. The number of amides is 2. The maximum atomic E-state index is 13.0. The zero-order valence-electron chi connectivity index (χ0n) is 32.7. The van der Waals surface area contributed by atoms with E-state index in [0.29, 0.717) is 42.4 Å². The smallest absolute Gasteiger partial charge is 0.255 e. The molecule has 0 bridgehead atoms. The topological polar surface area (TPSA) is 123 Å². The first-order valence-corrected chi connectivity index (χ1v) is 23.5. The zero-order chi connectivity index (χ0) is 39.1. The van der Waals surface area contributed by atoms with Crippen molar-refractivity contribution in [3.05, 3.63) is 99.8 Å². The van der Waals surface area contributed by atoms with E-state index in [1.54, 1.807) is 10.9 Å². The lowest BCUT2D eigenvalue weighted by atomic mass is 10.1. The van der Waals surface area contributed by atoms with Crippen LogP contribution in [0.1, 0.15) is 56.9 Å². The van der Waals surface area contributed by atoms with Gasteiger partial charge in [0.15, 0.2) is 0 Å². The Bertz CT molecular complexity index is 2100. The molecule has 0 aliphatic carbocycles. The van der Waals surface area contributed by atoms with Gasteiger partial charge >= 0.3 is 0 Å². The van der Waals surface area contributed by atoms with E-state index >= 15 is 0 Å². The number of hydrogen-bond acceptors (Lipinski definition) is 9. The lowest BCUT2D eigenvalue weighted by Crippen LogP contribution is -2.42. The number of nitrogens with zero attached hydrogens (tertiary/aromatic N) is 5. The van der Waals surface area contributed by atoms with Crippen LogP contribution in [-0.2, 0) is 16.3 Å². The van der Waals surface area contributed by atoms with Gasteiger partial charge in [0.25, 0.3) is 11.8 Å². The first-order valence-electron chi connectivity index (χ1n) is 18.0. The molecule has 0 radical (unpaired) electrons. The van der Waals surface area contributed by atoms with Crippen molar-refractivity contribution in [2.45, 2.75) is 85.0 Å². The van der Waals surface area contributed by atoms with Gasteiger partial charge in [-0.3, -0.25) is 14.6 Å². The maximum Gasteiger partial charge on any atom is 0.255 e. The number of aromatic nitrogens is 4. The van der Waals surface area contributed by atoms with Crippen molar-refractivity contribution in [1.29, 1.82) is 0 Å². The molecule has 1 aliphatic rings. The summed E-state index contributed by atoms with van der Waals surface area (Å²) in [5, 5.41) is 16.2.